The van der Waals surface area contributed by atoms with Crippen LogP contribution in [0.2, 0.25) is 0 Å². The van der Waals surface area contributed by atoms with E-state index in [9.17, 15) is 19.5 Å². The van der Waals surface area contributed by atoms with Gasteiger partial charge in [0.05, 0.1) is 11.5 Å². The van der Waals surface area contributed by atoms with Crippen LogP contribution in [-0.4, -0.2) is 29.4 Å². The van der Waals surface area contributed by atoms with Crippen molar-refractivity contribution in [2.45, 2.75) is 33.6 Å². The van der Waals surface area contributed by atoms with E-state index in [-0.39, 0.29) is 23.3 Å². The van der Waals surface area contributed by atoms with Crippen molar-refractivity contribution in [1.82, 2.24) is 0 Å². The number of aryl methyl sites for hydroxylation is 3. The van der Waals surface area contributed by atoms with Crippen molar-refractivity contribution in [2.24, 2.45) is 5.92 Å². The molecule has 2 amide bonds. The number of benzene rings is 2. The Kier molecular flexibility index (Phi) is 5.49. The summed E-state index contributed by atoms with van der Waals surface area (Å²) in [7, 11) is 0. The van der Waals surface area contributed by atoms with Gasteiger partial charge in [0.25, 0.3) is 0 Å². The van der Waals surface area contributed by atoms with Crippen LogP contribution in [0, 0.1) is 26.7 Å². The minimum atomic E-state index is -1.03. The standard InChI is InChI=1S/C22H24N2O4/c1-13-5-8-18(10-15(13)3)24-12-16(6-9-20(24)25)21(26)23-17-7-4-14(2)19(11-17)22(27)28/h4-5,7-8,10-11,16H,6,9,12H2,1-3H3,(H,23,26)(H,27,28). The molecule has 3 rings (SSSR count). The smallest absolute Gasteiger partial charge is 0.336 e. The van der Waals surface area contributed by atoms with Crippen LogP contribution in [0.5, 0.6) is 0 Å². The van der Waals surface area contributed by atoms with Crippen molar-refractivity contribution in [3.63, 3.8) is 0 Å². The fourth-order valence-corrected chi connectivity index (χ4v) is 3.38. The lowest BCUT2D eigenvalue weighted by Gasteiger charge is -2.32. The van der Waals surface area contributed by atoms with Gasteiger partial charge >= 0.3 is 5.97 Å². The molecule has 1 aliphatic rings. The Morgan fingerprint density at radius 3 is 2.43 bits per heavy atom. The first kappa shape index (κ1) is 19.6. The van der Waals surface area contributed by atoms with Gasteiger partial charge in [-0.05, 0) is 68.1 Å². The van der Waals surface area contributed by atoms with Gasteiger partial charge < -0.3 is 15.3 Å². The molecule has 1 aliphatic heterocycles. The van der Waals surface area contributed by atoms with Crippen molar-refractivity contribution in [1.29, 1.82) is 0 Å². The van der Waals surface area contributed by atoms with Gasteiger partial charge in [0.2, 0.25) is 11.8 Å². The average Bonchev–Trinajstić information content (AvgIpc) is 2.65. The summed E-state index contributed by atoms with van der Waals surface area (Å²) < 4.78 is 0. The molecule has 6 nitrogen and oxygen atoms in total. The predicted octanol–water partition coefficient (Wildman–Crippen LogP) is 3.69. The number of carbonyl (C=O) groups excluding carboxylic acids is 2. The highest BCUT2D eigenvalue weighted by Crippen LogP contribution is 2.27. The number of hydrogen-bond donors (Lipinski definition) is 2. The molecule has 1 atom stereocenters. The summed E-state index contributed by atoms with van der Waals surface area (Å²) in [6.45, 7) is 6.03. The molecular formula is C22H24N2O4. The third kappa shape index (κ3) is 4.06. The second-order valence-corrected chi connectivity index (χ2v) is 7.33. The second-order valence-electron chi connectivity index (χ2n) is 7.33. The lowest BCUT2D eigenvalue weighted by Crippen LogP contribution is -2.44. The molecule has 28 heavy (non-hydrogen) atoms. The maximum absolute atomic E-state index is 12.7. The van der Waals surface area contributed by atoms with Crippen LogP contribution in [0.15, 0.2) is 36.4 Å². The van der Waals surface area contributed by atoms with Crippen LogP contribution in [-0.2, 0) is 9.59 Å². The molecule has 0 radical (unpaired) electrons. The molecule has 1 saturated heterocycles. The largest absolute Gasteiger partial charge is 0.478 e. The molecule has 6 heteroatoms. The van der Waals surface area contributed by atoms with Crippen LogP contribution < -0.4 is 10.2 Å². The first-order valence-corrected chi connectivity index (χ1v) is 9.28. The molecule has 1 heterocycles. The maximum atomic E-state index is 12.7. The van der Waals surface area contributed by atoms with Crippen LogP contribution in [0.4, 0.5) is 11.4 Å². The number of hydrogen-bond acceptors (Lipinski definition) is 3. The van der Waals surface area contributed by atoms with Crippen molar-refractivity contribution in [3.05, 3.63) is 58.7 Å². The van der Waals surface area contributed by atoms with E-state index >= 15 is 0 Å². The third-order valence-corrected chi connectivity index (χ3v) is 5.32. The summed E-state index contributed by atoms with van der Waals surface area (Å²) >= 11 is 0. The molecule has 146 valence electrons. The predicted molar refractivity (Wildman–Crippen MR) is 108 cm³/mol. The summed E-state index contributed by atoms with van der Waals surface area (Å²) in [6, 6.07) is 10.7. The highest BCUT2D eigenvalue weighted by atomic mass is 16.4. The van der Waals surface area contributed by atoms with Crippen LogP contribution in [0.3, 0.4) is 0 Å². The Morgan fingerprint density at radius 1 is 1.04 bits per heavy atom. The van der Waals surface area contributed by atoms with Gasteiger partial charge in [-0.2, -0.15) is 0 Å². The zero-order valence-corrected chi connectivity index (χ0v) is 16.3. The van der Waals surface area contributed by atoms with Crippen LogP contribution >= 0.6 is 0 Å². The Bertz CT molecular complexity index is 952. The quantitative estimate of drug-likeness (QED) is 0.847. The molecule has 2 aromatic rings. The molecule has 2 aromatic carbocycles. The third-order valence-electron chi connectivity index (χ3n) is 5.32. The Hall–Kier alpha value is -3.15. The summed E-state index contributed by atoms with van der Waals surface area (Å²) in [4.78, 5) is 38.1. The van der Waals surface area contributed by atoms with Gasteiger partial charge in [0.15, 0.2) is 0 Å². The first-order chi connectivity index (χ1) is 13.3. The zero-order chi connectivity index (χ0) is 20.4. The van der Waals surface area contributed by atoms with E-state index in [1.807, 2.05) is 32.0 Å². The first-order valence-electron chi connectivity index (χ1n) is 9.28. The van der Waals surface area contributed by atoms with E-state index in [1.54, 1.807) is 24.0 Å². The summed E-state index contributed by atoms with van der Waals surface area (Å²) in [5.74, 6) is -1.58. The fourth-order valence-electron chi connectivity index (χ4n) is 3.38. The number of carboxylic acids is 1. The number of carbonyl (C=O) groups is 3. The number of nitrogens with one attached hydrogen (secondary N) is 1. The average molecular weight is 380 g/mol. The van der Waals surface area contributed by atoms with E-state index in [0.29, 0.717) is 30.6 Å². The van der Waals surface area contributed by atoms with E-state index in [0.717, 1.165) is 16.8 Å². The lowest BCUT2D eigenvalue weighted by molar-refractivity contribution is -0.124. The molecule has 1 unspecified atom stereocenters. The number of carboxylic acid groups (broad SMARTS) is 1. The van der Waals surface area contributed by atoms with Crippen molar-refractivity contribution in [3.8, 4) is 0 Å². The second kappa shape index (κ2) is 7.84. The Labute approximate surface area is 164 Å². The minimum absolute atomic E-state index is 0.0100. The van der Waals surface area contributed by atoms with Gasteiger partial charge in [0, 0.05) is 24.3 Å². The molecule has 1 fully saturated rings. The normalized spacial score (nSPS) is 16.8. The van der Waals surface area contributed by atoms with Gasteiger partial charge in [0.1, 0.15) is 0 Å². The highest BCUT2D eigenvalue weighted by molar-refractivity contribution is 6.00. The van der Waals surface area contributed by atoms with E-state index in [1.165, 1.54) is 6.07 Å². The van der Waals surface area contributed by atoms with Gasteiger partial charge in [-0.25, -0.2) is 4.79 Å². The Balaban J connectivity index is 1.75. The monoisotopic (exact) mass is 380 g/mol. The van der Waals surface area contributed by atoms with Crippen molar-refractivity contribution < 1.29 is 19.5 Å². The molecule has 0 bridgehead atoms. The lowest BCUT2D eigenvalue weighted by atomic mass is 9.95. The maximum Gasteiger partial charge on any atom is 0.336 e. The molecule has 0 spiro atoms. The van der Waals surface area contributed by atoms with Crippen molar-refractivity contribution >= 4 is 29.2 Å². The van der Waals surface area contributed by atoms with Crippen LogP contribution in [0.1, 0.15) is 39.9 Å². The molecule has 0 saturated carbocycles. The van der Waals surface area contributed by atoms with Gasteiger partial charge in [-0.15, -0.1) is 0 Å². The summed E-state index contributed by atoms with van der Waals surface area (Å²) in [5.41, 5.74) is 4.29. The highest BCUT2D eigenvalue weighted by Gasteiger charge is 2.31. The number of piperidine rings is 1. The van der Waals surface area contributed by atoms with Gasteiger partial charge in [-0.3, -0.25) is 9.59 Å². The number of aromatic carboxylic acids is 1. The Morgan fingerprint density at radius 2 is 1.75 bits per heavy atom. The van der Waals surface area contributed by atoms with E-state index in [2.05, 4.69) is 5.32 Å². The fraction of sp³-hybridized carbons (Fsp3) is 0.318. The van der Waals surface area contributed by atoms with Crippen molar-refractivity contribution in [2.75, 3.05) is 16.8 Å². The SMILES string of the molecule is Cc1ccc(N2CC(C(=O)Nc3ccc(C)c(C(=O)O)c3)CCC2=O)cc1C. The van der Waals surface area contributed by atoms with E-state index < -0.39 is 5.97 Å². The van der Waals surface area contributed by atoms with Crippen LogP contribution in [0.25, 0.3) is 0 Å². The number of nitrogens with zero attached hydrogens (tertiary/aromatic N) is 1. The summed E-state index contributed by atoms with van der Waals surface area (Å²) in [6.07, 6.45) is 0.781. The molecular weight excluding hydrogens is 356 g/mol. The zero-order valence-electron chi connectivity index (χ0n) is 16.3. The number of anilines is 2. The van der Waals surface area contributed by atoms with E-state index in [4.69, 9.17) is 0 Å². The topological polar surface area (TPSA) is 86.7 Å². The molecule has 0 aromatic heterocycles. The summed E-state index contributed by atoms with van der Waals surface area (Å²) in [5, 5.41) is 12.0. The number of rotatable bonds is 4. The molecule has 0 aliphatic carbocycles. The molecule has 2 N–H and O–H groups in total. The minimum Gasteiger partial charge on any atom is -0.478 e. The number of amides is 2. The van der Waals surface area contributed by atoms with Gasteiger partial charge in [-0.1, -0.05) is 12.1 Å².